The molecule has 3 aromatic rings. The molecule has 3 heterocycles. The second-order valence-corrected chi connectivity index (χ2v) is 12.0. The molecule has 0 bridgehead atoms. The van der Waals surface area contributed by atoms with Crippen LogP contribution in [0.2, 0.25) is 0 Å². The summed E-state index contributed by atoms with van der Waals surface area (Å²) in [6, 6.07) is 9.62. The summed E-state index contributed by atoms with van der Waals surface area (Å²) in [4.78, 5) is 24.5. The molecule has 1 aliphatic carbocycles. The van der Waals surface area contributed by atoms with Crippen LogP contribution >= 0.6 is 0 Å². The van der Waals surface area contributed by atoms with E-state index in [4.69, 9.17) is 4.42 Å². The summed E-state index contributed by atoms with van der Waals surface area (Å²) < 4.78 is 29.4. The van der Waals surface area contributed by atoms with Crippen molar-refractivity contribution in [2.45, 2.75) is 45.1 Å². The van der Waals surface area contributed by atoms with Crippen molar-refractivity contribution >= 4 is 21.7 Å². The summed E-state index contributed by atoms with van der Waals surface area (Å²) >= 11 is 0. The molecule has 1 unspecified atom stereocenters. The molecule has 9 heteroatoms. The number of hydrogen-bond acceptors (Lipinski definition) is 7. The number of rotatable bonds is 6. The first-order valence-corrected chi connectivity index (χ1v) is 13.7. The maximum Gasteiger partial charge on any atom is 0.231 e. The first-order chi connectivity index (χ1) is 16.7. The van der Waals surface area contributed by atoms with Crippen molar-refractivity contribution in [3.8, 4) is 0 Å². The standard InChI is InChI=1S/C26H30N4O4S/c1-17-4-6-21(18(2)14-17)23(22-7-5-19(3)34-22)29-24(31)26(8-9-26)20-15-27-25(28-16-20)30-10-12-35(32,33)13-11-30/h4-7,14-16,23H,8-13H2,1-3H3,(H,29,31). The smallest absolute Gasteiger partial charge is 0.231 e. The number of furan rings is 1. The Morgan fingerprint density at radius 3 is 2.31 bits per heavy atom. The Bertz CT molecular complexity index is 1350. The Kier molecular flexibility index (Phi) is 5.91. The summed E-state index contributed by atoms with van der Waals surface area (Å²) in [5, 5.41) is 3.25. The molecule has 1 atom stereocenters. The van der Waals surface area contributed by atoms with E-state index in [0.717, 1.165) is 40.9 Å². The molecule has 2 fully saturated rings. The van der Waals surface area contributed by atoms with Crippen molar-refractivity contribution in [2.24, 2.45) is 0 Å². The maximum atomic E-state index is 13.6. The lowest BCUT2D eigenvalue weighted by molar-refractivity contribution is -0.124. The van der Waals surface area contributed by atoms with Gasteiger partial charge in [-0.25, -0.2) is 18.4 Å². The highest BCUT2D eigenvalue weighted by molar-refractivity contribution is 7.91. The number of nitrogens with one attached hydrogen (secondary N) is 1. The van der Waals surface area contributed by atoms with Crippen LogP contribution in [0.4, 0.5) is 5.95 Å². The molecule has 1 amide bonds. The third kappa shape index (κ3) is 4.69. The molecule has 2 aliphatic rings. The number of sulfone groups is 1. The van der Waals surface area contributed by atoms with Crippen molar-refractivity contribution < 1.29 is 17.6 Å². The fraction of sp³-hybridized carbons (Fsp3) is 0.423. The summed E-state index contributed by atoms with van der Waals surface area (Å²) in [5.41, 5.74) is 3.36. The average molecular weight is 495 g/mol. The van der Waals surface area contributed by atoms with Crippen LogP contribution in [0.3, 0.4) is 0 Å². The van der Waals surface area contributed by atoms with E-state index < -0.39 is 21.3 Å². The number of anilines is 1. The summed E-state index contributed by atoms with van der Waals surface area (Å²) in [5.74, 6) is 2.13. The summed E-state index contributed by atoms with van der Waals surface area (Å²) in [7, 11) is -2.98. The second-order valence-electron chi connectivity index (χ2n) is 9.71. The van der Waals surface area contributed by atoms with E-state index in [2.05, 4.69) is 21.4 Å². The van der Waals surface area contributed by atoms with E-state index in [0.29, 0.717) is 24.8 Å². The molecular weight excluding hydrogens is 464 g/mol. The number of hydrogen-bond donors (Lipinski definition) is 1. The molecule has 8 nitrogen and oxygen atoms in total. The normalized spacial score (nSPS) is 19.2. The SMILES string of the molecule is Cc1ccc(C(NC(=O)C2(c3cnc(N4CCS(=O)(=O)CC4)nc3)CC2)c2ccc(C)o2)c(C)c1. The Morgan fingerprint density at radius 1 is 1.06 bits per heavy atom. The van der Waals surface area contributed by atoms with Crippen molar-refractivity contribution in [1.29, 1.82) is 0 Å². The fourth-order valence-corrected chi connectivity index (χ4v) is 5.95. The molecule has 1 aromatic carbocycles. The Labute approximate surface area is 205 Å². The van der Waals surface area contributed by atoms with Gasteiger partial charge in [0.1, 0.15) is 17.6 Å². The van der Waals surface area contributed by atoms with Gasteiger partial charge in [-0.05, 0) is 56.9 Å². The zero-order valence-corrected chi connectivity index (χ0v) is 21.1. The van der Waals surface area contributed by atoms with Gasteiger partial charge < -0.3 is 14.6 Å². The maximum absolute atomic E-state index is 13.6. The van der Waals surface area contributed by atoms with Crippen LogP contribution < -0.4 is 10.2 Å². The Morgan fingerprint density at radius 2 is 1.74 bits per heavy atom. The minimum Gasteiger partial charge on any atom is -0.464 e. The van der Waals surface area contributed by atoms with E-state index in [9.17, 15) is 13.2 Å². The number of benzene rings is 1. The molecule has 1 saturated carbocycles. The van der Waals surface area contributed by atoms with E-state index in [1.54, 1.807) is 12.4 Å². The topological polar surface area (TPSA) is 105 Å². The van der Waals surface area contributed by atoms with Crippen LogP contribution in [0, 0.1) is 20.8 Å². The highest BCUT2D eigenvalue weighted by Gasteiger charge is 2.52. The van der Waals surface area contributed by atoms with E-state index >= 15 is 0 Å². The van der Waals surface area contributed by atoms with Crippen LogP contribution in [0.15, 0.2) is 47.1 Å². The van der Waals surface area contributed by atoms with Crippen molar-refractivity contribution in [3.05, 3.63) is 76.5 Å². The molecular formula is C26H30N4O4S. The zero-order valence-electron chi connectivity index (χ0n) is 20.2. The monoisotopic (exact) mass is 494 g/mol. The lowest BCUT2D eigenvalue weighted by Crippen LogP contribution is -2.41. The van der Waals surface area contributed by atoms with Crippen molar-refractivity contribution in [2.75, 3.05) is 29.5 Å². The molecule has 2 aromatic heterocycles. The minimum atomic E-state index is -2.98. The number of aromatic nitrogens is 2. The third-order valence-corrected chi connectivity index (χ3v) is 8.67. The summed E-state index contributed by atoms with van der Waals surface area (Å²) in [6.45, 7) is 6.75. The van der Waals surface area contributed by atoms with Crippen LogP contribution in [0.25, 0.3) is 0 Å². The minimum absolute atomic E-state index is 0.0723. The van der Waals surface area contributed by atoms with E-state index in [1.807, 2.05) is 49.9 Å². The number of aryl methyl sites for hydroxylation is 3. The third-order valence-electron chi connectivity index (χ3n) is 7.06. The largest absolute Gasteiger partial charge is 0.464 e. The second kappa shape index (κ2) is 8.78. The Hall–Kier alpha value is -3.20. The first kappa shape index (κ1) is 23.5. The van der Waals surface area contributed by atoms with Crippen LogP contribution in [0.1, 0.15) is 52.7 Å². The zero-order chi connectivity index (χ0) is 24.8. The van der Waals surface area contributed by atoms with Gasteiger partial charge in [0.2, 0.25) is 11.9 Å². The molecule has 1 N–H and O–H groups in total. The van der Waals surface area contributed by atoms with E-state index in [1.165, 1.54) is 0 Å². The lowest BCUT2D eigenvalue weighted by atomic mass is 9.94. The number of carbonyl (C=O) groups is 1. The van der Waals surface area contributed by atoms with Crippen LogP contribution in [-0.4, -0.2) is 48.9 Å². The van der Waals surface area contributed by atoms with Crippen LogP contribution in [0.5, 0.6) is 0 Å². The Balaban J connectivity index is 1.37. The molecule has 5 rings (SSSR count). The van der Waals surface area contributed by atoms with Gasteiger partial charge in [0.25, 0.3) is 0 Å². The van der Waals surface area contributed by atoms with Gasteiger partial charge in [-0.1, -0.05) is 23.8 Å². The molecule has 35 heavy (non-hydrogen) atoms. The predicted octanol–water partition coefficient (Wildman–Crippen LogP) is 3.17. The highest BCUT2D eigenvalue weighted by atomic mass is 32.2. The van der Waals surface area contributed by atoms with Gasteiger partial charge in [-0.15, -0.1) is 0 Å². The van der Waals surface area contributed by atoms with Crippen molar-refractivity contribution in [3.63, 3.8) is 0 Å². The number of nitrogens with zero attached hydrogens (tertiary/aromatic N) is 3. The van der Waals surface area contributed by atoms with Gasteiger partial charge in [0.05, 0.1) is 16.9 Å². The molecule has 1 aliphatic heterocycles. The first-order valence-electron chi connectivity index (χ1n) is 11.9. The average Bonchev–Trinajstić information content (AvgIpc) is 3.53. The fourth-order valence-electron chi connectivity index (χ4n) is 4.75. The number of carbonyl (C=O) groups excluding carboxylic acids is 1. The van der Waals surface area contributed by atoms with Gasteiger partial charge in [0, 0.05) is 31.0 Å². The van der Waals surface area contributed by atoms with Crippen LogP contribution in [-0.2, 0) is 20.0 Å². The van der Waals surface area contributed by atoms with Gasteiger partial charge in [0.15, 0.2) is 9.84 Å². The molecule has 0 radical (unpaired) electrons. The quantitative estimate of drug-likeness (QED) is 0.561. The van der Waals surface area contributed by atoms with Crippen molar-refractivity contribution in [1.82, 2.24) is 15.3 Å². The predicted molar refractivity (Wildman–Crippen MR) is 133 cm³/mol. The highest BCUT2D eigenvalue weighted by Crippen LogP contribution is 2.48. The van der Waals surface area contributed by atoms with Gasteiger partial charge in [-0.2, -0.15) is 0 Å². The van der Waals surface area contributed by atoms with E-state index in [-0.39, 0.29) is 17.4 Å². The molecule has 1 saturated heterocycles. The number of amides is 1. The van der Waals surface area contributed by atoms with Gasteiger partial charge >= 0.3 is 0 Å². The molecule has 0 spiro atoms. The van der Waals surface area contributed by atoms with Gasteiger partial charge in [-0.3, -0.25) is 4.79 Å². The molecule has 184 valence electrons. The summed E-state index contributed by atoms with van der Waals surface area (Å²) in [6.07, 6.45) is 4.86. The lowest BCUT2D eigenvalue weighted by Gasteiger charge is -2.27.